The van der Waals surface area contributed by atoms with Gasteiger partial charge < -0.3 is 16.0 Å². The third-order valence-electron chi connectivity index (χ3n) is 3.40. The van der Waals surface area contributed by atoms with Crippen LogP contribution in [0.4, 0.5) is 5.69 Å². The predicted molar refractivity (Wildman–Crippen MR) is 99.6 cm³/mol. The molecule has 7 heteroatoms. The van der Waals surface area contributed by atoms with Crippen molar-refractivity contribution in [3.05, 3.63) is 64.1 Å². The van der Waals surface area contributed by atoms with Gasteiger partial charge in [0.25, 0.3) is 11.8 Å². The molecule has 3 N–H and O–H groups in total. The second kappa shape index (κ2) is 8.98. The van der Waals surface area contributed by atoms with E-state index in [1.807, 2.05) is 0 Å². The van der Waals surface area contributed by atoms with Gasteiger partial charge in [-0.3, -0.25) is 14.4 Å². The molecule has 0 atom stereocenters. The van der Waals surface area contributed by atoms with Crippen LogP contribution in [0.3, 0.4) is 0 Å². The van der Waals surface area contributed by atoms with Gasteiger partial charge in [-0.15, -0.1) is 0 Å². The summed E-state index contributed by atoms with van der Waals surface area (Å²) in [7, 11) is 1.56. The van der Waals surface area contributed by atoms with E-state index in [4.69, 9.17) is 0 Å². The monoisotopic (exact) mass is 403 g/mol. The minimum absolute atomic E-state index is 0.152. The molecule has 2 aromatic rings. The molecule has 130 valence electrons. The van der Waals surface area contributed by atoms with Crippen molar-refractivity contribution in [1.82, 2.24) is 10.6 Å². The molecule has 6 nitrogen and oxygen atoms in total. The van der Waals surface area contributed by atoms with E-state index in [9.17, 15) is 14.4 Å². The molecule has 0 saturated heterocycles. The van der Waals surface area contributed by atoms with Crippen molar-refractivity contribution in [2.75, 3.05) is 18.9 Å². The van der Waals surface area contributed by atoms with Crippen LogP contribution in [0.2, 0.25) is 0 Å². The number of hydrogen-bond donors (Lipinski definition) is 3. The maximum absolute atomic E-state index is 11.9. The fourth-order valence-corrected chi connectivity index (χ4v) is 2.33. The first-order valence-electron chi connectivity index (χ1n) is 7.65. The molecule has 2 rings (SSSR count). The van der Waals surface area contributed by atoms with Crippen LogP contribution in [0.25, 0.3) is 0 Å². The quantitative estimate of drug-likeness (QED) is 0.692. The van der Waals surface area contributed by atoms with E-state index in [2.05, 4.69) is 31.9 Å². The minimum Gasteiger partial charge on any atom is -0.355 e. The van der Waals surface area contributed by atoms with E-state index in [1.165, 1.54) is 0 Å². The number of benzene rings is 2. The average Bonchev–Trinajstić information content (AvgIpc) is 2.62. The van der Waals surface area contributed by atoms with Crippen LogP contribution >= 0.6 is 15.9 Å². The Bertz CT molecular complexity index is 758. The Morgan fingerprint density at radius 1 is 0.880 bits per heavy atom. The molecule has 25 heavy (non-hydrogen) atoms. The number of anilines is 1. The van der Waals surface area contributed by atoms with Gasteiger partial charge in [-0.05, 0) is 48.5 Å². The van der Waals surface area contributed by atoms with Gasteiger partial charge in [0, 0.05) is 41.3 Å². The van der Waals surface area contributed by atoms with Crippen LogP contribution in [0, 0.1) is 0 Å². The predicted octanol–water partition coefficient (Wildman–Crippen LogP) is 2.57. The first-order chi connectivity index (χ1) is 12.0. The van der Waals surface area contributed by atoms with E-state index in [0.29, 0.717) is 16.8 Å². The zero-order valence-electron chi connectivity index (χ0n) is 13.6. The maximum Gasteiger partial charge on any atom is 0.251 e. The van der Waals surface area contributed by atoms with Crippen molar-refractivity contribution >= 4 is 39.3 Å². The van der Waals surface area contributed by atoms with Gasteiger partial charge in [0.05, 0.1) is 0 Å². The molecule has 0 heterocycles. The van der Waals surface area contributed by atoms with E-state index in [-0.39, 0.29) is 30.7 Å². The zero-order chi connectivity index (χ0) is 18.2. The number of hydrogen-bond acceptors (Lipinski definition) is 3. The normalized spacial score (nSPS) is 10.0. The van der Waals surface area contributed by atoms with Gasteiger partial charge in [-0.25, -0.2) is 0 Å². The smallest absolute Gasteiger partial charge is 0.251 e. The summed E-state index contributed by atoms with van der Waals surface area (Å²) in [6, 6.07) is 13.5. The highest BCUT2D eigenvalue weighted by Gasteiger charge is 2.08. The largest absolute Gasteiger partial charge is 0.355 e. The molecule has 0 saturated carbocycles. The van der Waals surface area contributed by atoms with E-state index in [1.54, 1.807) is 55.6 Å². The lowest BCUT2D eigenvalue weighted by molar-refractivity contribution is -0.116. The molecule has 0 aromatic heterocycles. The van der Waals surface area contributed by atoms with E-state index in [0.717, 1.165) is 4.47 Å². The number of carbonyl (C=O) groups is 3. The fraction of sp³-hybridized carbons (Fsp3) is 0.167. The fourth-order valence-electron chi connectivity index (χ4n) is 2.07. The Kier molecular flexibility index (Phi) is 6.71. The lowest BCUT2D eigenvalue weighted by Crippen LogP contribution is -2.27. The second-order valence-electron chi connectivity index (χ2n) is 5.22. The molecule has 0 aliphatic heterocycles. The Morgan fingerprint density at radius 3 is 2.04 bits per heavy atom. The molecule has 0 spiro atoms. The zero-order valence-corrected chi connectivity index (χ0v) is 15.2. The van der Waals surface area contributed by atoms with Gasteiger partial charge in [0.1, 0.15) is 0 Å². The van der Waals surface area contributed by atoms with Gasteiger partial charge in [0.2, 0.25) is 5.91 Å². The highest BCUT2D eigenvalue weighted by atomic mass is 79.9. The summed E-state index contributed by atoms with van der Waals surface area (Å²) in [5, 5.41) is 7.95. The Balaban J connectivity index is 1.77. The lowest BCUT2D eigenvalue weighted by Gasteiger charge is -2.08. The molecule has 0 radical (unpaired) electrons. The topological polar surface area (TPSA) is 87.3 Å². The first kappa shape index (κ1) is 18.7. The Labute approximate surface area is 154 Å². The average molecular weight is 404 g/mol. The number of nitrogens with one attached hydrogen (secondary N) is 3. The van der Waals surface area contributed by atoms with Crippen LogP contribution in [-0.4, -0.2) is 31.3 Å². The van der Waals surface area contributed by atoms with Gasteiger partial charge >= 0.3 is 0 Å². The molecule has 0 aliphatic rings. The van der Waals surface area contributed by atoms with Crippen molar-refractivity contribution in [3.63, 3.8) is 0 Å². The number of carbonyl (C=O) groups excluding carboxylic acids is 3. The molecule has 0 aliphatic carbocycles. The van der Waals surface area contributed by atoms with Crippen LogP contribution in [0.15, 0.2) is 53.0 Å². The third-order valence-corrected chi connectivity index (χ3v) is 3.93. The van der Waals surface area contributed by atoms with Crippen molar-refractivity contribution < 1.29 is 14.4 Å². The standard InChI is InChI=1S/C18H18BrN3O3/c1-20-17(24)12-4-8-15(9-5-12)22-16(23)10-11-21-18(25)13-2-6-14(19)7-3-13/h2-9H,10-11H2,1H3,(H,20,24)(H,21,25)(H,22,23). The lowest BCUT2D eigenvalue weighted by atomic mass is 10.2. The molecule has 3 amide bonds. The number of rotatable bonds is 6. The molecule has 0 unspecified atom stereocenters. The summed E-state index contributed by atoms with van der Waals surface area (Å²) in [6.07, 6.45) is 0.152. The summed E-state index contributed by atoms with van der Waals surface area (Å²) >= 11 is 3.31. The van der Waals surface area contributed by atoms with Crippen molar-refractivity contribution in [2.24, 2.45) is 0 Å². The summed E-state index contributed by atoms with van der Waals surface area (Å²) in [5.41, 5.74) is 1.65. The summed E-state index contributed by atoms with van der Waals surface area (Å²) in [5.74, 6) is -0.632. The van der Waals surface area contributed by atoms with Gasteiger partial charge in [0.15, 0.2) is 0 Å². The first-order valence-corrected chi connectivity index (χ1v) is 8.44. The van der Waals surface area contributed by atoms with Crippen molar-refractivity contribution in [1.29, 1.82) is 0 Å². The molecular weight excluding hydrogens is 386 g/mol. The third kappa shape index (κ3) is 5.72. The van der Waals surface area contributed by atoms with Crippen molar-refractivity contribution in [3.8, 4) is 0 Å². The highest BCUT2D eigenvalue weighted by Crippen LogP contribution is 2.11. The van der Waals surface area contributed by atoms with Gasteiger partial charge in [-0.2, -0.15) is 0 Å². The Hall–Kier alpha value is -2.67. The van der Waals surface area contributed by atoms with Crippen LogP contribution in [0.5, 0.6) is 0 Å². The van der Waals surface area contributed by atoms with Crippen molar-refractivity contribution in [2.45, 2.75) is 6.42 Å². The summed E-state index contributed by atoms with van der Waals surface area (Å²) in [4.78, 5) is 35.3. The summed E-state index contributed by atoms with van der Waals surface area (Å²) < 4.78 is 0.894. The Morgan fingerprint density at radius 2 is 1.44 bits per heavy atom. The molecule has 0 fully saturated rings. The SMILES string of the molecule is CNC(=O)c1ccc(NC(=O)CCNC(=O)c2ccc(Br)cc2)cc1. The molecule has 0 bridgehead atoms. The highest BCUT2D eigenvalue weighted by molar-refractivity contribution is 9.10. The van der Waals surface area contributed by atoms with Gasteiger partial charge in [-0.1, -0.05) is 15.9 Å². The number of amides is 3. The van der Waals surface area contributed by atoms with Crippen LogP contribution in [0.1, 0.15) is 27.1 Å². The molecule has 2 aromatic carbocycles. The number of halogens is 1. The minimum atomic E-state index is -0.227. The van der Waals surface area contributed by atoms with E-state index >= 15 is 0 Å². The maximum atomic E-state index is 11.9. The van der Waals surface area contributed by atoms with Crippen LogP contribution in [-0.2, 0) is 4.79 Å². The summed E-state index contributed by atoms with van der Waals surface area (Å²) in [6.45, 7) is 0.233. The molecular formula is C18H18BrN3O3. The second-order valence-corrected chi connectivity index (χ2v) is 6.13. The van der Waals surface area contributed by atoms with Crippen LogP contribution < -0.4 is 16.0 Å². The van der Waals surface area contributed by atoms with E-state index < -0.39 is 0 Å².